The van der Waals surface area contributed by atoms with E-state index in [1.807, 2.05) is 31.2 Å². The Balaban J connectivity index is 2.09. The molecule has 0 bridgehead atoms. The van der Waals surface area contributed by atoms with E-state index in [2.05, 4.69) is 9.97 Å². The molecule has 1 heterocycles. The summed E-state index contributed by atoms with van der Waals surface area (Å²) in [6, 6.07) is 12.8. The van der Waals surface area contributed by atoms with E-state index in [-0.39, 0.29) is 11.5 Å². The molecule has 2 N–H and O–H groups in total. The van der Waals surface area contributed by atoms with Gasteiger partial charge >= 0.3 is 5.69 Å². The zero-order valence-corrected chi connectivity index (χ0v) is 11.1. The number of aromatic nitrogens is 2. The summed E-state index contributed by atoms with van der Waals surface area (Å²) in [4.78, 5) is 29.2. The summed E-state index contributed by atoms with van der Waals surface area (Å²) in [6.45, 7) is 2.03. The van der Waals surface area contributed by atoms with Crippen molar-refractivity contribution >= 4 is 16.8 Å². The monoisotopic (exact) mass is 266 g/mol. The van der Waals surface area contributed by atoms with Gasteiger partial charge in [-0.25, -0.2) is 4.79 Å². The molecule has 0 saturated carbocycles. The second-order valence-electron chi connectivity index (χ2n) is 4.68. The van der Waals surface area contributed by atoms with Crippen molar-refractivity contribution in [2.24, 2.45) is 0 Å². The minimum absolute atomic E-state index is 0.0219. The van der Waals surface area contributed by atoms with Crippen LogP contribution in [0.15, 0.2) is 47.3 Å². The molecule has 0 aliphatic rings. The van der Waals surface area contributed by atoms with E-state index in [0.29, 0.717) is 22.2 Å². The van der Waals surface area contributed by atoms with E-state index in [9.17, 15) is 9.59 Å². The number of rotatable bonds is 3. The quantitative estimate of drug-likeness (QED) is 0.716. The maximum atomic E-state index is 12.6. The molecule has 0 atom stereocenters. The van der Waals surface area contributed by atoms with Crippen LogP contribution >= 0.6 is 0 Å². The number of carbonyl (C=O) groups is 1. The van der Waals surface area contributed by atoms with Crippen molar-refractivity contribution in [1.82, 2.24) is 9.97 Å². The first-order valence-electron chi connectivity index (χ1n) is 6.53. The van der Waals surface area contributed by atoms with Gasteiger partial charge < -0.3 is 9.97 Å². The van der Waals surface area contributed by atoms with Crippen LogP contribution in [0.3, 0.4) is 0 Å². The molecule has 0 aliphatic heterocycles. The van der Waals surface area contributed by atoms with E-state index in [1.54, 1.807) is 18.2 Å². The molecule has 0 radical (unpaired) electrons. The number of imidazole rings is 1. The Morgan fingerprint density at radius 2 is 1.80 bits per heavy atom. The van der Waals surface area contributed by atoms with Crippen LogP contribution in [0.5, 0.6) is 0 Å². The predicted octanol–water partition coefficient (Wildman–Crippen LogP) is 2.65. The zero-order chi connectivity index (χ0) is 14.1. The van der Waals surface area contributed by atoms with Crippen LogP contribution in [0.25, 0.3) is 11.0 Å². The molecule has 0 spiro atoms. The summed E-state index contributed by atoms with van der Waals surface area (Å²) >= 11 is 0. The van der Waals surface area contributed by atoms with Gasteiger partial charge in [0.1, 0.15) is 0 Å². The minimum Gasteiger partial charge on any atom is -0.306 e. The largest absolute Gasteiger partial charge is 0.323 e. The Bertz CT molecular complexity index is 843. The van der Waals surface area contributed by atoms with Gasteiger partial charge in [-0.2, -0.15) is 0 Å². The minimum atomic E-state index is -0.265. The zero-order valence-electron chi connectivity index (χ0n) is 11.1. The molecular weight excluding hydrogens is 252 g/mol. The summed E-state index contributed by atoms with van der Waals surface area (Å²) in [5.74, 6) is -0.0219. The Labute approximate surface area is 115 Å². The normalized spacial score (nSPS) is 10.8. The van der Waals surface area contributed by atoms with Gasteiger partial charge in [-0.15, -0.1) is 0 Å². The first-order valence-corrected chi connectivity index (χ1v) is 6.53. The van der Waals surface area contributed by atoms with Gasteiger partial charge in [-0.05, 0) is 30.2 Å². The first kappa shape index (κ1) is 12.4. The van der Waals surface area contributed by atoms with Gasteiger partial charge in [-0.1, -0.05) is 31.2 Å². The van der Waals surface area contributed by atoms with Gasteiger partial charge in [0.15, 0.2) is 5.78 Å². The van der Waals surface area contributed by atoms with Crippen molar-refractivity contribution in [3.8, 4) is 0 Å². The molecule has 3 rings (SSSR count). The smallest absolute Gasteiger partial charge is 0.306 e. The lowest BCUT2D eigenvalue weighted by atomic mass is 9.97. The van der Waals surface area contributed by atoms with Crippen molar-refractivity contribution in [2.45, 2.75) is 13.3 Å². The number of aryl methyl sites for hydroxylation is 1. The molecular formula is C16H14N2O2. The number of hydrogen-bond acceptors (Lipinski definition) is 2. The second-order valence-corrected chi connectivity index (χ2v) is 4.68. The Morgan fingerprint density at radius 3 is 2.60 bits per heavy atom. The third kappa shape index (κ3) is 2.05. The van der Waals surface area contributed by atoms with Gasteiger partial charge in [0.2, 0.25) is 0 Å². The summed E-state index contributed by atoms with van der Waals surface area (Å²) in [7, 11) is 0. The van der Waals surface area contributed by atoms with Crippen molar-refractivity contribution < 1.29 is 4.79 Å². The molecule has 100 valence electrons. The third-order valence-corrected chi connectivity index (χ3v) is 3.42. The second kappa shape index (κ2) is 4.81. The third-order valence-electron chi connectivity index (χ3n) is 3.42. The lowest BCUT2D eigenvalue weighted by Crippen LogP contribution is -2.04. The summed E-state index contributed by atoms with van der Waals surface area (Å²) < 4.78 is 0. The van der Waals surface area contributed by atoms with Gasteiger partial charge in [0.25, 0.3) is 0 Å². The number of aromatic amines is 2. The van der Waals surface area contributed by atoms with Crippen molar-refractivity contribution in [2.75, 3.05) is 0 Å². The SMILES string of the molecule is CCc1ccccc1C(=O)c1ccc2[nH]c(=O)[nH]c2c1. The van der Waals surface area contributed by atoms with Crippen LogP contribution in [0, 0.1) is 0 Å². The maximum absolute atomic E-state index is 12.6. The lowest BCUT2D eigenvalue weighted by molar-refractivity contribution is 0.103. The Morgan fingerprint density at radius 1 is 1.05 bits per heavy atom. The summed E-state index contributed by atoms with van der Waals surface area (Å²) in [6.07, 6.45) is 0.811. The van der Waals surface area contributed by atoms with Gasteiger partial charge in [0, 0.05) is 11.1 Å². The number of ketones is 1. The lowest BCUT2D eigenvalue weighted by Gasteiger charge is -2.06. The van der Waals surface area contributed by atoms with E-state index in [0.717, 1.165) is 12.0 Å². The average molecular weight is 266 g/mol. The first-order chi connectivity index (χ1) is 9.69. The maximum Gasteiger partial charge on any atom is 0.323 e. The van der Waals surface area contributed by atoms with Gasteiger partial charge in [0.05, 0.1) is 11.0 Å². The fourth-order valence-corrected chi connectivity index (χ4v) is 2.38. The van der Waals surface area contributed by atoms with Crippen molar-refractivity contribution in [3.63, 3.8) is 0 Å². The standard InChI is InChI=1S/C16H14N2O2/c1-2-10-5-3-4-6-12(10)15(19)11-7-8-13-14(9-11)18-16(20)17-13/h3-9H,2H2,1H3,(H2,17,18,20). The molecule has 0 unspecified atom stereocenters. The van der Waals surface area contributed by atoms with Gasteiger partial charge in [-0.3, -0.25) is 4.79 Å². The highest BCUT2D eigenvalue weighted by Gasteiger charge is 2.13. The molecule has 0 aliphatic carbocycles. The molecule has 0 amide bonds. The molecule has 0 fully saturated rings. The number of fused-ring (bicyclic) bond motifs is 1. The topological polar surface area (TPSA) is 65.7 Å². The molecule has 0 saturated heterocycles. The predicted molar refractivity (Wildman–Crippen MR) is 78.2 cm³/mol. The van der Waals surface area contributed by atoms with Crippen LogP contribution in [0.1, 0.15) is 28.4 Å². The molecule has 4 nitrogen and oxygen atoms in total. The summed E-state index contributed by atoms with van der Waals surface area (Å²) in [5, 5.41) is 0. The van der Waals surface area contributed by atoms with E-state index in [1.165, 1.54) is 0 Å². The Hall–Kier alpha value is -2.62. The average Bonchev–Trinajstić information content (AvgIpc) is 2.85. The molecule has 20 heavy (non-hydrogen) atoms. The van der Waals surface area contributed by atoms with E-state index >= 15 is 0 Å². The molecule has 4 heteroatoms. The highest BCUT2D eigenvalue weighted by molar-refractivity contribution is 6.11. The van der Waals surface area contributed by atoms with Crippen LogP contribution in [-0.4, -0.2) is 15.8 Å². The molecule has 2 aromatic carbocycles. The molecule has 3 aromatic rings. The highest BCUT2D eigenvalue weighted by atomic mass is 16.1. The number of carbonyl (C=O) groups excluding carboxylic acids is 1. The summed E-state index contributed by atoms with van der Waals surface area (Å²) in [5.41, 5.74) is 3.41. The fourth-order valence-electron chi connectivity index (χ4n) is 2.38. The van der Waals surface area contributed by atoms with Crippen LogP contribution < -0.4 is 5.69 Å². The van der Waals surface area contributed by atoms with Crippen LogP contribution in [-0.2, 0) is 6.42 Å². The van der Waals surface area contributed by atoms with Crippen molar-refractivity contribution in [1.29, 1.82) is 0 Å². The van der Waals surface area contributed by atoms with Crippen LogP contribution in [0.2, 0.25) is 0 Å². The highest BCUT2D eigenvalue weighted by Crippen LogP contribution is 2.17. The number of H-pyrrole nitrogens is 2. The molecule has 1 aromatic heterocycles. The number of benzene rings is 2. The Kier molecular flexibility index (Phi) is 2.99. The van der Waals surface area contributed by atoms with E-state index < -0.39 is 0 Å². The van der Waals surface area contributed by atoms with Crippen molar-refractivity contribution in [3.05, 3.63) is 69.6 Å². The van der Waals surface area contributed by atoms with E-state index in [4.69, 9.17) is 0 Å². The van der Waals surface area contributed by atoms with Crippen LogP contribution in [0.4, 0.5) is 0 Å². The number of nitrogens with one attached hydrogen (secondary N) is 2. The number of hydrogen-bond donors (Lipinski definition) is 2. The fraction of sp³-hybridized carbons (Fsp3) is 0.125.